The lowest BCUT2D eigenvalue weighted by atomic mass is 9.97. The van der Waals surface area contributed by atoms with Crippen molar-refractivity contribution in [2.75, 3.05) is 4.90 Å². The molecule has 12 rings (SSSR count). The first-order valence-corrected chi connectivity index (χ1v) is 18.9. The van der Waals surface area contributed by atoms with E-state index in [1.54, 1.807) is 0 Å². The number of para-hydroxylation sites is 4. The Morgan fingerprint density at radius 2 is 0.911 bits per heavy atom. The van der Waals surface area contributed by atoms with E-state index >= 15 is 0 Å². The van der Waals surface area contributed by atoms with Crippen molar-refractivity contribution in [3.8, 4) is 22.3 Å². The molecule has 12 aromatic rings. The molecule has 3 aromatic heterocycles. The van der Waals surface area contributed by atoms with Gasteiger partial charge in [0.1, 0.15) is 33.5 Å². The Hall–Kier alpha value is -7.56. The molecule has 0 aliphatic heterocycles. The third kappa shape index (κ3) is 4.60. The van der Waals surface area contributed by atoms with Crippen molar-refractivity contribution in [3.05, 3.63) is 188 Å². The van der Waals surface area contributed by atoms with Crippen molar-refractivity contribution in [2.24, 2.45) is 0 Å². The van der Waals surface area contributed by atoms with Gasteiger partial charge in [0.15, 0.2) is 0 Å². The zero-order valence-corrected chi connectivity index (χ0v) is 30.1. The zero-order chi connectivity index (χ0) is 36.7. The molecule has 4 heteroatoms. The van der Waals surface area contributed by atoms with Gasteiger partial charge in [-0.3, -0.25) is 0 Å². The molecular formula is C52H31NO3. The number of hydrogen-bond donors (Lipinski definition) is 0. The highest BCUT2D eigenvalue weighted by Crippen LogP contribution is 2.46. The number of hydrogen-bond acceptors (Lipinski definition) is 4. The largest absolute Gasteiger partial charge is 0.456 e. The average molecular weight is 718 g/mol. The predicted octanol–water partition coefficient (Wildman–Crippen LogP) is 15.3. The third-order valence-corrected chi connectivity index (χ3v) is 11.3. The van der Waals surface area contributed by atoms with Crippen LogP contribution < -0.4 is 4.90 Å². The normalized spacial score (nSPS) is 11.9. The topological polar surface area (TPSA) is 42.7 Å². The van der Waals surface area contributed by atoms with Crippen LogP contribution in [0, 0.1) is 0 Å². The fraction of sp³-hybridized carbons (Fsp3) is 0. The highest BCUT2D eigenvalue weighted by Gasteiger charge is 2.22. The molecule has 0 spiro atoms. The van der Waals surface area contributed by atoms with Crippen molar-refractivity contribution in [3.63, 3.8) is 0 Å². The molecule has 0 saturated carbocycles. The maximum absolute atomic E-state index is 6.87. The summed E-state index contributed by atoms with van der Waals surface area (Å²) < 4.78 is 19.6. The summed E-state index contributed by atoms with van der Waals surface area (Å²) >= 11 is 0. The number of anilines is 3. The molecule has 0 amide bonds. The third-order valence-electron chi connectivity index (χ3n) is 11.3. The van der Waals surface area contributed by atoms with E-state index in [1.165, 1.54) is 0 Å². The van der Waals surface area contributed by atoms with Crippen molar-refractivity contribution in [1.29, 1.82) is 0 Å². The molecule has 0 fully saturated rings. The Kier molecular flexibility index (Phi) is 6.60. The first-order chi connectivity index (χ1) is 27.8. The molecule has 0 unspecified atom stereocenters. The summed E-state index contributed by atoms with van der Waals surface area (Å²) in [6.07, 6.45) is 0. The van der Waals surface area contributed by atoms with Gasteiger partial charge in [0.2, 0.25) is 0 Å². The van der Waals surface area contributed by atoms with E-state index in [0.717, 1.165) is 116 Å². The molecule has 0 aliphatic carbocycles. The minimum atomic E-state index is 0.840. The Balaban J connectivity index is 1.07. The van der Waals surface area contributed by atoms with Crippen LogP contribution in [0.4, 0.5) is 17.1 Å². The summed E-state index contributed by atoms with van der Waals surface area (Å²) in [4.78, 5) is 2.33. The smallest absolute Gasteiger partial charge is 0.143 e. The Morgan fingerprint density at radius 1 is 0.321 bits per heavy atom. The summed E-state index contributed by atoms with van der Waals surface area (Å²) in [5, 5.41) is 8.92. The molecule has 3 heterocycles. The summed E-state index contributed by atoms with van der Waals surface area (Å²) in [6.45, 7) is 0. The lowest BCUT2D eigenvalue weighted by Gasteiger charge is -2.28. The zero-order valence-electron chi connectivity index (χ0n) is 30.1. The van der Waals surface area contributed by atoms with Gasteiger partial charge in [-0.25, -0.2) is 0 Å². The van der Waals surface area contributed by atoms with E-state index in [1.807, 2.05) is 30.3 Å². The summed E-state index contributed by atoms with van der Waals surface area (Å²) in [5.74, 6) is 0. The standard InChI is InChI=1S/C52H31NO3/c1-2-12-37-32(11-1)25-29-43-42-18-9-17-41(52(42)56-51(37)43)38-13-3-6-19-45(38)53(35-28-30-40-39-14-4-7-20-46(39)55-49(40)31-35)34-26-23-33(24-27-34)36-16-10-22-48-50(36)44-15-5-8-21-47(44)54-48/h1-31H. The molecule has 0 atom stereocenters. The molecule has 0 aliphatic rings. The van der Waals surface area contributed by atoms with E-state index in [-0.39, 0.29) is 0 Å². The predicted molar refractivity (Wildman–Crippen MR) is 231 cm³/mol. The second-order valence-corrected chi connectivity index (χ2v) is 14.4. The van der Waals surface area contributed by atoms with Gasteiger partial charge in [0, 0.05) is 66.3 Å². The van der Waals surface area contributed by atoms with E-state index in [2.05, 4.69) is 163 Å². The molecule has 0 N–H and O–H groups in total. The molecular weight excluding hydrogens is 687 g/mol. The van der Waals surface area contributed by atoms with Crippen molar-refractivity contribution < 1.29 is 13.3 Å². The highest BCUT2D eigenvalue weighted by atomic mass is 16.3. The quantitative estimate of drug-likeness (QED) is 0.178. The maximum Gasteiger partial charge on any atom is 0.143 e. The van der Waals surface area contributed by atoms with E-state index in [0.29, 0.717) is 0 Å². The summed E-state index contributed by atoms with van der Waals surface area (Å²) in [5.41, 5.74) is 12.6. The summed E-state index contributed by atoms with van der Waals surface area (Å²) in [7, 11) is 0. The Labute approximate surface area is 321 Å². The molecule has 0 radical (unpaired) electrons. The number of rotatable bonds is 5. The van der Waals surface area contributed by atoms with Crippen molar-refractivity contribution in [1.82, 2.24) is 0 Å². The van der Waals surface area contributed by atoms with Crippen LogP contribution >= 0.6 is 0 Å². The van der Waals surface area contributed by atoms with Crippen LogP contribution in [0.5, 0.6) is 0 Å². The number of furan rings is 3. The van der Waals surface area contributed by atoms with Gasteiger partial charge >= 0.3 is 0 Å². The van der Waals surface area contributed by atoms with Crippen LogP contribution in [0.25, 0.3) is 98.8 Å². The van der Waals surface area contributed by atoms with Gasteiger partial charge in [-0.1, -0.05) is 127 Å². The Morgan fingerprint density at radius 3 is 1.80 bits per heavy atom. The molecule has 9 aromatic carbocycles. The van der Waals surface area contributed by atoms with Crippen LogP contribution in [0.2, 0.25) is 0 Å². The van der Waals surface area contributed by atoms with Gasteiger partial charge in [0.25, 0.3) is 0 Å². The second kappa shape index (κ2) is 12.0. The Bertz CT molecular complexity index is 3490. The van der Waals surface area contributed by atoms with Gasteiger partial charge in [-0.2, -0.15) is 0 Å². The molecule has 0 saturated heterocycles. The van der Waals surface area contributed by atoms with Crippen LogP contribution in [-0.2, 0) is 0 Å². The van der Waals surface area contributed by atoms with E-state index in [4.69, 9.17) is 13.3 Å². The molecule has 0 bridgehead atoms. The van der Waals surface area contributed by atoms with E-state index < -0.39 is 0 Å². The SMILES string of the molecule is c1ccc(N(c2ccc(-c3cccc4oc5ccccc5c34)cc2)c2ccc3c(c2)oc2ccccc23)c(-c2cccc3c2oc2c4ccccc4ccc32)c1. The van der Waals surface area contributed by atoms with Crippen LogP contribution in [0.15, 0.2) is 201 Å². The highest BCUT2D eigenvalue weighted by molar-refractivity contribution is 6.18. The first-order valence-electron chi connectivity index (χ1n) is 18.9. The van der Waals surface area contributed by atoms with Crippen molar-refractivity contribution in [2.45, 2.75) is 0 Å². The lowest BCUT2D eigenvalue weighted by Crippen LogP contribution is -2.11. The average Bonchev–Trinajstić information content (AvgIpc) is 3.96. The maximum atomic E-state index is 6.87. The van der Waals surface area contributed by atoms with Gasteiger partial charge in [0.05, 0.1) is 5.69 Å². The summed E-state index contributed by atoms with van der Waals surface area (Å²) in [6, 6.07) is 66.0. The van der Waals surface area contributed by atoms with Gasteiger partial charge < -0.3 is 18.2 Å². The molecule has 262 valence electrons. The number of fused-ring (bicyclic) bond motifs is 11. The van der Waals surface area contributed by atoms with Gasteiger partial charge in [-0.05, 0) is 71.1 Å². The molecule has 4 nitrogen and oxygen atoms in total. The number of benzene rings is 9. The van der Waals surface area contributed by atoms with Crippen LogP contribution in [-0.4, -0.2) is 0 Å². The minimum Gasteiger partial charge on any atom is -0.456 e. The van der Waals surface area contributed by atoms with Crippen LogP contribution in [0.3, 0.4) is 0 Å². The fourth-order valence-electron chi connectivity index (χ4n) is 8.72. The molecule has 56 heavy (non-hydrogen) atoms. The first kappa shape index (κ1) is 30.9. The monoisotopic (exact) mass is 717 g/mol. The number of nitrogens with zero attached hydrogens (tertiary/aromatic N) is 1. The fourth-order valence-corrected chi connectivity index (χ4v) is 8.72. The van der Waals surface area contributed by atoms with Crippen molar-refractivity contribution >= 4 is 93.7 Å². The minimum absolute atomic E-state index is 0.840. The second-order valence-electron chi connectivity index (χ2n) is 14.4. The van der Waals surface area contributed by atoms with E-state index in [9.17, 15) is 0 Å². The van der Waals surface area contributed by atoms with Crippen LogP contribution in [0.1, 0.15) is 0 Å². The van der Waals surface area contributed by atoms with Gasteiger partial charge in [-0.15, -0.1) is 0 Å². The lowest BCUT2D eigenvalue weighted by molar-refractivity contribution is 0.668.